The maximum Gasteiger partial charge on any atom is 0.169 e. The molecule has 0 unspecified atom stereocenters. The molecule has 2 nitrogen and oxygen atoms in total. The van der Waals surface area contributed by atoms with Gasteiger partial charge in [0.25, 0.3) is 0 Å². The molecule has 0 bridgehead atoms. The van der Waals surface area contributed by atoms with Crippen LogP contribution in [-0.4, -0.2) is 16.6 Å². The monoisotopic (exact) mass is 320 g/mol. The minimum atomic E-state index is -0.257. The van der Waals surface area contributed by atoms with Crippen LogP contribution < -0.4 is 5.32 Å². The van der Waals surface area contributed by atoms with Gasteiger partial charge >= 0.3 is 0 Å². The molecule has 0 atom stereocenters. The molecule has 0 aromatic heterocycles. The molecule has 0 heterocycles. The largest absolute Gasteiger partial charge is 0.358 e. The zero-order chi connectivity index (χ0) is 15.9. The number of nitrogens with one attached hydrogen (secondary N) is 1. The van der Waals surface area contributed by atoms with E-state index in [1.54, 1.807) is 18.2 Å². The fourth-order valence-corrected chi connectivity index (χ4v) is 2.34. The first kappa shape index (κ1) is 16.4. The van der Waals surface area contributed by atoms with Crippen molar-refractivity contribution in [3.63, 3.8) is 0 Å². The van der Waals surface area contributed by atoms with E-state index in [0.717, 1.165) is 11.1 Å². The fourth-order valence-electron chi connectivity index (χ4n) is 2.07. The van der Waals surface area contributed by atoms with Gasteiger partial charge < -0.3 is 10.2 Å². The van der Waals surface area contributed by atoms with Crippen LogP contribution in [0.3, 0.4) is 0 Å². The zero-order valence-corrected chi connectivity index (χ0v) is 13.2. The average molecular weight is 320 g/mol. The van der Waals surface area contributed by atoms with Crippen molar-refractivity contribution in [3.05, 3.63) is 71.3 Å². The summed E-state index contributed by atoms with van der Waals surface area (Å²) in [4.78, 5) is 1.95. The van der Waals surface area contributed by atoms with Gasteiger partial charge in [0.05, 0.1) is 0 Å². The van der Waals surface area contributed by atoms with E-state index in [1.165, 1.54) is 24.3 Å². The molecule has 0 saturated heterocycles. The van der Waals surface area contributed by atoms with E-state index in [0.29, 0.717) is 24.7 Å². The van der Waals surface area contributed by atoms with E-state index in [9.17, 15) is 8.78 Å². The van der Waals surface area contributed by atoms with Gasteiger partial charge in [0, 0.05) is 19.6 Å². The molecule has 0 aliphatic carbocycles. The van der Waals surface area contributed by atoms with Gasteiger partial charge in [0.15, 0.2) is 5.11 Å². The zero-order valence-electron chi connectivity index (χ0n) is 12.4. The van der Waals surface area contributed by atoms with Crippen LogP contribution in [0.1, 0.15) is 18.1 Å². The molecule has 0 aliphatic heterocycles. The molecule has 0 amide bonds. The molecular formula is C17H18F2N2S. The predicted octanol–water partition coefficient (Wildman–Crippen LogP) is 3.86. The number of halogens is 2. The molecule has 22 heavy (non-hydrogen) atoms. The Labute approximate surface area is 134 Å². The van der Waals surface area contributed by atoms with Gasteiger partial charge in [-0.2, -0.15) is 0 Å². The molecule has 0 fully saturated rings. The van der Waals surface area contributed by atoms with Crippen molar-refractivity contribution in [2.45, 2.75) is 20.0 Å². The quantitative estimate of drug-likeness (QED) is 0.842. The molecule has 5 heteroatoms. The summed E-state index contributed by atoms with van der Waals surface area (Å²) >= 11 is 5.38. The third kappa shape index (κ3) is 4.77. The average Bonchev–Trinajstić information content (AvgIpc) is 2.52. The maximum absolute atomic E-state index is 13.2. The highest BCUT2D eigenvalue weighted by Crippen LogP contribution is 2.08. The molecule has 0 aliphatic rings. The van der Waals surface area contributed by atoms with Crippen LogP contribution in [0, 0.1) is 11.6 Å². The maximum atomic E-state index is 13.2. The number of nitrogens with zero attached hydrogens (tertiary/aromatic N) is 1. The Kier molecular flexibility index (Phi) is 5.83. The Morgan fingerprint density at radius 3 is 2.41 bits per heavy atom. The number of hydrogen-bond acceptors (Lipinski definition) is 1. The van der Waals surface area contributed by atoms with Crippen molar-refractivity contribution in [2.75, 3.05) is 6.54 Å². The minimum Gasteiger partial charge on any atom is -0.358 e. The van der Waals surface area contributed by atoms with Crippen LogP contribution in [0.25, 0.3) is 0 Å². The number of rotatable bonds is 5. The molecule has 2 aromatic carbocycles. The molecule has 0 spiro atoms. The van der Waals surface area contributed by atoms with Gasteiger partial charge in [-0.1, -0.05) is 24.3 Å². The summed E-state index contributed by atoms with van der Waals surface area (Å²) in [6.45, 7) is 3.78. The molecule has 2 rings (SSSR count). The van der Waals surface area contributed by atoms with Crippen molar-refractivity contribution >= 4 is 17.3 Å². The van der Waals surface area contributed by atoms with E-state index in [-0.39, 0.29) is 11.6 Å². The minimum absolute atomic E-state index is 0.251. The normalized spacial score (nSPS) is 10.3. The third-order valence-electron chi connectivity index (χ3n) is 3.29. The molecular weight excluding hydrogens is 302 g/mol. The highest BCUT2D eigenvalue weighted by Gasteiger charge is 2.08. The van der Waals surface area contributed by atoms with Gasteiger partial charge in [-0.15, -0.1) is 0 Å². The second-order valence-electron chi connectivity index (χ2n) is 4.93. The predicted molar refractivity (Wildman–Crippen MR) is 88.3 cm³/mol. The van der Waals surface area contributed by atoms with E-state index >= 15 is 0 Å². The highest BCUT2D eigenvalue weighted by molar-refractivity contribution is 7.80. The Morgan fingerprint density at radius 1 is 1.05 bits per heavy atom. The fraction of sp³-hybridized carbons (Fsp3) is 0.235. The molecule has 116 valence electrons. The summed E-state index contributed by atoms with van der Waals surface area (Å²) in [5.74, 6) is -0.508. The Hall–Kier alpha value is -2.01. The molecule has 0 radical (unpaired) electrons. The van der Waals surface area contributed by atoms with Gasteiger partial charge in [-0.3, -0.25) is 0 Å². The van der Waals surface area contributed by atoms with Crippen molar-refractivity contribution in [3.8, 4) is 0 Å². The lowest BCUT2D eigenvalue weighted by molar-refractivity contribution is 0.425. The Bertz CT molecular complexity index is 629. The first-order chi connectivity index (χ1) is 10.6. The van der Waals surface area contributed by atoms with Gasteiger partial charge in [0.1, 0.15) is 11.6 Å². The van der Waals surface area contributed by atoms with E-state index in [1.807, 2.05) is 17.9 Å². The van der Waals surface area contributed by atoms with Crippen molar-refractivity contribution in [1.29, 1.82) is 0 Å². The Balaban J connectivity index is 1.92. The lowest BCUT2D eigenvalue weighted by Crippen LogP contribution is -2.38. The van der Waals surface area contributed by atoms with E-state index < -0.39 is 0 Å². The number of benzene rings is 2. The van der Waals surface area contributed by atoms with Gasteiger partial charge in [0.2, 0.25) is 0 Å². The van der Waals surface area contributed by atoms with E-state index in [2.05, 4.69) is 5.32 Å². The number of hydrogen-bond donors (Lipinski definition) is 1. The third-order valence-corrected chi connectivity index (χ3v) is 3.69. The van der Waals surface area contributed by atoms with Crippen LogP contribution in [-0.2, 0) is 13.1 Å². The van der Waals surface area contributed by atoms with Crippen molar-refractivity contribution < 1.29 is 8.78 Å². The molecule has 0 saturated carbocycles. The van der Waals surface area contributed by atoms with Crippen molar-refractivity contribution in [2.24, 2.45) is 0 Å². The van der Waals surface area contributed by atoms with Gasteiger partial charge in [-0.25, -0.2) is 8.78 Å². The second kappa shape index (κ2) is 7.84. The lowest BCUT2D eigenvalue weighted by Gasteiger charge is -2.24. The lowest BCUT2D eigenvalue weighted by atomic mass is 10.2. The summed E-state index contributed by atoms with van der Waals surface area (Å²) in [6, 6.07) is 12.8. The summed E-state index contributed by atoms with van der Waals surface area (Å²) < 4.78 is 26.1. The van der Waals surface area contributed by atoms with Crippen LogP contribution in [0.4, 0.5) is 8.78 Å². The topological polar surface area (TPSA) is 15.3 Å². The summed E-state index contributed by atoms with van der Waals surface area (Å²) in [7, 11) is 0. The standard InChI is InChI=1S/C17H18F2N2S/c1-2-21(12-14-4-3-5-16(19)10-14)17(22)20-11-13-6-8-15(18)9-7-13/h3-10H,2,11-12H2,1H3,(H,20,22). The van der Waals surface area contributed by atoms with E-state index in [4.69, 9.17) is 12.2 Å². The molecule has 1 N–H and O–H groups in total. The van der Waals surface area contributed by atoms with Crippen LogP contribution in [0.15, 0.2) is 48.5 Å². The first-order valence-corrected chi connectivity index (χ1v) is 7.51. The van der Waals surface area contributed by atoms with Crippen LogP contribution in [0.2, 0.25) is 0 Å². The molecule has 2 aromatic rings. The van der Waals surface area contributed by atoms with Crippen LogP contribution in [0.5, 0.6) is 0 Å². The summed E-state index contributed by atoms with van der Waals surface area (Å²) in [6.07, 6.45) is 0. The SMILES string of the molecule is CCN(Cc1cccc(F)c1)C(=S)NCc1ccc(F)cc1. The van der Waals surface area contributed by atoms with Crippen molar-refractivity contribution in [1.82, 2.24) is 10.2 Å². The van der Waals surface area contributed by atoms with Crippen LogP contribution >= 0.6 is 12.2 Å². The summed E-state index contributed by atoms with van der Waals surface area (Å²) in [5.41, 5.74) is 1.82. The first-order valence-electron chi connectivity index (χ1n) is 7.10. The Morgan fingerprint density at radius 2 is 1.77 bits per heavy atom. The van der Waals surface area contributed by atoms with Gasteiger partial charge in [-0.05, 0) is 54.5 Å². The second-order valence-corrected chi connectivity index (χ2v) is 5.32. The smallest absolute Gasteiger partial charge is 0.169 e. The number of thiocarbonyl (C=S) groups is 1. The summed E-state index contributed by atoms with van der Waals surface area (Å²) in [5, 5.41) is 3.74. The highest BCUT2D eigenvalue weighted by atomic mass is 32.1.